The van der Waals surface area contributed by atoms with Crippen LogP contribution in [0.3, 0.4) is 0 Å². The number of nitrogens with one attached hydrogen (secondary N) is 1. The summed E-state index contributed by atoms with van der Waals surface area (Å²) in [6.07, 6.45) is 4.92. The van der Waals surface area contributed by atoms with Gasteiger partial charge < -0.3 is 9.47 Å². The molecule has 1 N–H and O–H groups in total. The van der Waals surface area contributed by atoms with Crippen molar-refractivity contribution in [2.24, 2.45) is 5.10 Å². The molecular weight excluding hydrogens is 340 g/mol. The summed E-state index contributed by atoms with van der Waals surface area (Å²) in [6.45, 7) is 7.30. The SMILES string of the molecule is CCCCCOc1ccc(/C=N\NC(=O)c2ccc(C)cc2)cc1OCC. The molecule has 0 atom stereocenters. The van der Waals surface area contributed by atoms with Crippen LogP contribution in [0.25, 0.3) is 0 Å². The van der Waals surface area contributed by atoms with E-state index in [1.807, 2.05) is 44.2 Å². The number of benzene rings is 2. The average Bonchev–Trinajstić information content (AvgIpc) is 2.67. The highest BCUT2D eigenvalue weighted by molar-refractivity contribution is 5.94. The highest BCUT2D eigenvalue weighted by Gasteiger charge is 2.06. The van der Waals surface area contributed by atoms with Crippen LogP contribution in [-0.4, -0.2) is 25.3 Å². The Labute approximate surface area is 161 Å². The van der Waals surface area contributed by atoms with E-state index in [2.05, 4.69) is 17.5 Å². The molecular formula is C22H28N2O3. The molecule has 0 fully saturated rings. The molecule has 0 radical (unpaired) electrons. The number of carbonyl (C=O) groups excluding carboxylic acids is 1. The Morgan fingerprint density at radius 2 is 1.81 bits per heavy atom. The van der Waals surface area contributed by atoms with Gasteiger partial charge in [-0.2, -0.15) is 5.10 Å². The number of aryl methyl sites for hydroxylation is 1. The first-order valence-electron chi connectivity index (χ1n) is 9.43. The maximum atomic E-state index is 12.1. The zero-order valence-electron chi connectivity index (χ0n) is 16.3. The van der Waals surface area contributed by atoms with E-state index in [0.717, 1.165) is 36.1 Å². The van der Waals surface area contributed by atoms with Gasteiger partial charge in [-0.25, -0.2) is 5.43 Å². The van der Waals surface area contributed by atoms with Crippen molar-refractivity contribution in [2.75, 3.05) is 13.2 Å². The molecule has 1 amide bonds. The van der Waals surface area contributed by atoms with E-state index in [9.17, 15) is 4.79 Å². The van der Waals surface area contributed by atoms with Crippen molar-refractivity contribution in [3.05, 3.63) is 59.2 Å². The third-order valence-corrected chi connectivity index (χ3v) is 3.97. The van der Waals surface area contributed by atoms with Crippen LogP contribution in [0, 0.1) is 6.92 Å². The fourth-order valence-electron chi connectivity index (χ4n) is 2.46. The van der Waals surface area contributed by atoms with E-state index in [1.165, 1.54) is 0 Å². The first kappa shape index (κ1) is 20.5. The van der Waals surface area contributed by atoms with Gasteiger partial charge >= 0.3 is 0 Å². The first-order valence-corrected chi connectivity index (χ1v) is 9.43. The number of amides is 1. The minimum absolute atomic E-state index is 0.243. The van der Waals surface area contributed by atoms with Gasteiger partial charge in [-0.3, -0.25) is 4.79 Å². The van der Waals surface area contributed by atoms with Crippen molar-refractivity contribution in [1.82, 2.24) is 5.43 Å². The summed E-state index contributed by atoms with van der Waals surface area (Å²) in [4.78, 5) is 12.1. The molecule has 0 heterocycles. The van der Waals surface area contributed by atoms with Crippen LogP contribution < -0.4 is 14.9 Å². The van der Waals surface area contributed by atoms with E-state index in [1.54, 1.807) is 18.3 Å². The molecule has 5 nitrogen and oxygen atoms in total. The lowest BCUT2D eigenvalue weighted by Gasteiger charge is -2.12. The van der Waals surface area contributed by atoms with Crippen LogP contribution in [0.1, 0.15) is 54.6 Å². The van der Waals surface area contributed by atoms with Gasteiger partial charge in [-0.05, 0) is 56.2 Å². The molecule has 0 aromatic heterocycles. The standard InChI is InChI=1S/C22H28N2O3/c1-4-6-7-14-27-20-13-10-18(15-21(20)26-5-2)16-23-24-22(25)19-11-8-17(3)9-12-19/h8-13,15-16H,4-7,14H2,1-3H3,(H,24,25)/b23-16-. The normalized spacial score (nSPS) is 10.8. The number of carbonyl (C=O) groups is 1. The predicted molar refractivity (Wildman–Crippen MR) is 109 cm³/mol. The van der Waals surface area contributed by atoms with E-state index >= 15 is 0 Å². The van der Waals surface area contributed by atoms with E-state index < -0.39 is 0 Å². The van der Waals surface area contributed by atoms with Crippen molar-refractivity contribution in [3.8, 4) is 11.5 Å². The van der Waals surface area contributed by atoms with Gasteiger partial charge in [-0.15, -0.1) is 0 Å². The number of nitrogens with zero attached hydrogens (tertiary/aromatic N) is 1. The van der Waals surface area contributed by atoms with Crippen molar-refractivity contribution in [2.45, 2.75) is 40.0 Å². The van der Waals surface area contributed by atoms with E-state index in [0.29, 0.717) is 24.5 Å². The van der Waals surface area contributed by atoms with Crippen LogP contribution in [0.2, 0.25) is 0 Å². The molecule has 144 valence electrons. The van der Waals surface area contributed by atoms with E-state index in [4.69, 9.17) is 9.47 Å². The topological polar surface area (TPSA) is 59.9 Å². The second-order valence-electron chi connectivity index (χ2n) is 6.26. The Morgan fingerprint density at radius 1 is 1.04 bits per heavy atom. The molecule has 0 aliphatic heterocycles. The van der Waals surface area contributed by atoms with Gasteiger partial charge in [0.2, 0.25) is 0 Å². The van der Waals surface area contributed by atoms with Crippen molar-refractivity contribution < 1.29 is 14.3 Å². The number of ether oxygens (including phenoxy) is 2. The van der Waals surface area contributed by atoms with E-state index in [-0.39, 0.29) is 5.91 Å². The van der Waals surface area contributed by atoms with Crippen LogP contribution in [0.5, 0.6) is 11.5 Å². The number of hydrogen-bond donors (Lipinski definition) is 1. The quantitative estimate of drug-likeness (QED) is 0.375. The molecule has 2 aromatic carbocycles. The van der Waals surface area contributed by atoms with Crippen molar-refractivity contribution in [3.63, 3.8) is 0 Å². The molecule has 0 spiro atoms. The third kappa shape index (κ3) is 6.77. The number of unbranched alkanes of at least 4 members (excludes halogenated alkanes) is 2. The van der Waals surface area contributed by atoms with Gasteiger partial charge in [0.05, 0.1) is 19.4 Å². The maximum absolute atomic E-state index is 12.1. The van der Waals surface area contributed by atoms with Gasteiger partial charge in [0, 0.05) is 5.56 Å². The number of rotatable bonds is 10. The van der Waals surface area contributed by atoms with Gasteiger partial charge in [0.15, 0.2) is 11.5 Å². The highest BCUT2D eigenvalue weighted by atomic mass is 16.5. The zero-order valence-corrected chi connectivity index (χ0v) is 16.3. The second-order valence-corrected chi connectivity index (χ2v) is 6.26. The molecule has 0 saturated carbocycles. The second kappa shape index (κ2) is 11.0. The third-order valence-electron chi connectivity index (χ3n) is 3.97. The lowest BCUT2D eigenvalue weighted by atomic mass is 10.1. The summed E-state index contributed by atoms with van der Waals surface area (Å²) in [5, 5.41) is 4.04. The maximum Gasteiger partial charge on any atom is 0.271 e. The number of hydrazone groups is 1. The summed E-state index contributed by atoms with van der Waals surface area (Å²) in [6, 6.07) is 13.0. The Morgan fingerprint density at radius 3 is 2.52 bits per heavy atom. The monoisotopic (exact) mass is 368 g/mol. The van der Waals surface area contributed by atoms with Crippen LogP contribution in [0.15, 0.2) is 47.6 Å². The molecule has 2 rings (SSSR count). The summed E-state index contributed by atoms with van der Waals surface area (Å²) >= 11 is 0. The smallest absolute Gasteiger partial charge is 0.271 e. The van der Waals surface area contributed by atoms with Crippen LogP contribution >= 0.6 is 0 Å². The molecule has 0 aliphatic carbocycles. The lowest BCUT2D eigenvalue weighted by molar-refractivity contribution is 0.0955. The molecule has 0 bridgehead atoms. The fraction of sp³-hybridized carbons (Fsp3) is 0.364. The summed E-state index contributed by atoms with van der Waals surface area (Å²) < 4.78 is 11.5. The van der Waals surface area contributed by atoms with Gasteiger partial charge in [-0.1, -0.05) is 37.5 Å². The predicted octanol–water partition coefficient (Wildman–Crippen LogP) is 4.73. The largest absolute Gasteiger partial charge is 0.490 e. The van der Waals surface area contributed by atoms with Crippen LogP contribution in [-0.2, 0) is 0 Å². The van der Waals surface area contributed by atoms with Gasteiger partial charge in [0.1, 0.15) is 0 Å². The lowest BCUT2D eigenvalue weighted by Crippen LogP contribution is -2.17. The molecule has 0 unspecified atom stereocenters. The Bertz CT molecular complexity index is 755. The molecule has 0 saturated heterocycles. The summed E-state index contributed by atoms with van der Waals surface area (Å²) in [5.41, 5.74) is 5.04. The molecule has 27 heavy (non-hydrogen) atoms. The van der Waals surface area contributed by atoms with Crippen LogP contribution in [0.4, 0.5) is 0 Å². The highest BCUT2D eigenvalue weighted by Crippen LogP contribution is 2.28. The first-order chi connectivity index (χ1) is 13.1. The van der Waals surface area contributed by atoms with Crippen molar-refractivity contribution in [1.29, 1.82) is 0 Å². The summed E-state index contributed by atoms with van der Waals surface area (Å²) in [5.74, 6) is 1.17. The minimum Gasteiger partial charge on any atom is -0.490 e. The fourth-order valence-corrected chi connectivity index (χ4v) is 2.46. The summed E-state index contributed by atoms with van der Waals surface area (Å²) in [7, 11) is 0. The van der Waals surface area contributed by atoms with Gasteiger partial charge in [0.25, 0.3) is 5.91 Å². The molecule has 0 aliphatic rings. The number of hydrogen-bond acceptors (Lipinski definition) is 4. The Kier molecular flexibility index (Phi) is 8.36. The Balaban J connectivity index is 1.98. The Hall–Kier alpha value is -2.82. The zero-order chi connectivity index (χ0) is 19.5. The molecule has 2 aromatic rings. The molecule has 5 heteroatoms. The minimum atomic E-state index is -0.243. The average molecular weight is 368 g/mol. The van der Waals surface area contributed by atoms with Crippen molar-refractivity contribution >= 4 is 12.1 Å².